The van der Waals surface area contributed by atoms with Gasteiger partial charge in [-0.3, -0.25) is 9.36 Å². The van der Waals surface area contributed by atoms with Gasteiger partial charge in [0, 0.05) is 12.4 Å². The molecule has 0 aromatic carbocycles. The second-order valence-corrected chi connectivity index (χ2v) is 3.06. The number of aldehydes is 1. The number of nitrogens with zero attached hydrogens (tertiary/aromatic N) is 5. The Morgan fingerprint density at radius 2 is 1.67 bits per heavy atom. The Kier molecular flexibility index (Phi) is 2.24. The molecule has 0 amide bonds. The van der Waals surface area contributed by atoms with Crippen molar-refractivity contribution in [1.29, 1.82) is 0 Å². The van der Waals surface area contributed by atoms with E-state index >= 15 is 0 Å². The van der Waals surface area contributed by atoms with E-state index in [1.165, 1.54) is 12.4 Å². The van der Waals surface area contributed by atoms with E-state index in [1.807, 2.05) is 13.8 Å². The topological polar surface area (TPSA) is 73.6 Å². The molecule has 6 nitrogen and oxygen atoms in total. The molecule has 6 heteroatoms. The minimum Gasteiger partial charge on any atom is -0.298 e. The summed E-state index contributed by atoms with van der Waals surface area (Å²) in [5.41, 5.74) is 0.446. The first-order valence-electron chi connectivity index (χ1n) is 4.38. The van der Waals surface area contributed by atoms with E-state index in [4.69, 9.17) is 0 Å². The first-order valence-corrected chi connectivity index (χ1v) is 4.38. The van der Waals surface area contributed by atoms with Crippen LogP contribution in [0.2, 0.25) is 0 Å². The Bertz CT molecular complexity index is 468. The molecule has 2 rings (SSSR count). The van der Waals surface area contributed by atoms with Gasteiger partial charge in [0.2, 0.25) is 5.95 Å². The molecule has 0 aliphatic carbocycles. The van der Waals surface area contributed by atoms with Crippen LogP contribution < -0.4 is 0 Å². The SMILES string of the molecule is Cc1nnc(C)n1-c1ncc(C=O)cn1. The first kappa shape index (κ1) is 9.45. The molecule has 0 aliphatic heterocycles. The van der Waals surface area contributed by atoms with Crippen LogP contribution in [0.4, 0.5) is 0 Å². The van der Waals surface area contributed by atoms with Gasteiger partial charge in [-0.05, 0) is 13.8 Å². The summed E-state index contributed by atoms with van der Waals surface area (Å²) in [6, 6.07) is 0. The van der Waals surface area contributed by atoms with Crippen molar-refractivity contribution in [2.24, 2.45) is 0 Å². The predicted molar refractivity (Wildman–Crippen MR) is 51.8 cm³/mol. The van der Waals surface area contributed by atoms with Gasteiger partial charge in [0.15, 0.2) is 6.29 Å². The Balaban J connectivity index is 2.50. The fourth-order valence-electron chi connectivity index (χ4n) is 1.27. The third-order valence-corrected chi connectivity index (χ3v) is 1.98. The van der Waals surface area contributed by atoms with Gasteiger partial charge in [-0.25, -0.2) is 9.97 Å². The lowest BCUT2D eigenvalue weighted by molar-refractivity contribution is 0.112. The monoisotopic (exact) mass is 203 g/mol. The molecular formula is C9H9N5O. The fourth-order valence-corrected chi connectivity index (χ4v) is 1.27. The van der Waals surface area contributed by atoms with Crippen LogP contribution in [0.5, 0.6) is 0 Å². The Morgan fingerprint density at radius 3 is 2.13 bits per heavy atom. The highest BCUT2D eigenvalue weighted by Gasteiger charge is 2.08. The summed E-state index contributed by atoms with van der Waals surface area (Å²) >= 11 is 0. The maximum absolute atomic E-state index is 10.4. The highest BCUT2D eigenvalue weighted by atomic mass is 16.1. The molecule has 0 saturated carbocycles. The average Bonchev–Trinajstić information content (AvgIpc) is 2.59. The lowest BCUT2D eigenvalue weighted by Crippen LogP contribution is -2.05. The zero-order valence-electron chi connectivity index (χ0n) is 8.38. The van der Waals surface area contributed by atoms with Crippen molar-refractivity contribution in [1.82, 2.24) is 24.7 Å². The number of hydrogen-bond donors (Lipinski definition) is 0. The lowest BCUT2D eigenvalue weighted by atomic mass is 10.4. The molecule has 0 unspecified atom stereocenters. The number of aryl methyl sites for hydroxylation is 2. The van der Waals surface area contributed by atoms with Crippen molar-refractivity contribution in [3.63, 3.8) is 0 Å². The molecule has 15 heavy (non-hydrogen) atoms. The maximum atomic E-state index is 10.4. The van der Waals surface area contributed by atoms with Crippen LogP contribution in [-0.4, -0.2) is 31.0 Å². The lowest BCUT2D eigenvalue weighted by Gasteiger charge is -2.02. The van der Waals surface area contributed by atoms with Gasteiger partial charge in [0.1, 0.15) is 11.6 Å². The normalized spacial score (nSPS) is 10.3. The molecule has 0 bridgehead atoms. The van der Waals surface area contributed by atoms with E-state index in [0.717, 1.165) is 0 Å². The van der Waals surface area contributed by atoms with Gasteiger partial charge in [-0.1, -0.05) is 0 Å². The summed E-state index contributed by atoms with van der Waals surface area (Å²) in [4.78, 5) is 18.5. The van der Waals surface area contributed by atoms with Crippen LogP contribution in [0.1, 0.15) is 22.0 Å². The van der Waals surface area contributed by atoms with Gasteiger partial charge in [0.25, 0.3) is 0 Å². The molecule has 0 aliphatic rings. The number of rotatable bonds is 2. The summed E-state index contributed by atoms with van der Waals surface area (Å²) in [6.45, 7) is 3.63. The molecule has 0 saturated heterocycles. The first-order chi connectivity index (χ1) is 7.22. The minimum absolute atomic E-state index is 0.446. The zero-order chi connectivity index (χ0) is 10.8. The van der Waals surface area contributed by atoms with Gasteiger partial charge < -0.3 is 0 Å². The summed E-state index contributed by atoms with van der Waals surface area (Å²) in [5.74, 6) is 1.90. The molecule has 0 spiro atoms. The number of aromatic nitrogens is 5. The quantitative estimate of drug-likeness (QED) is 0.664. The van der Waals surface area contributed by atoms with Crippen molar-refractivity contribution >= 4 is 6.29 Å². The van der Waals surface area contributed by atoms with Crippen LogP contribution in [0.25, 0.3) is 5.95 Å². The highest BCUT2D eigenvalue weighted by molar-refractivity contribution is 5.73. The fraction of sp³-hybridized carbons (Fsp3) is 0.222. The Morgan fingerprint density at radius 1 is 1.13 bits per heavy atom. The van der Waals surface area contributed by atoms with Gasteiger partial charge in [-0.15, -0.1) is 10.2 Å². The molecule has 2 heterocycles. The molecule has 0 fully saturated rings. The number of hydrogen-bond acceptors (Lipinski definition) is 5. The summed E-state index contributed by atoms with van der Waals surface area (Å²) < 4.78 is 1.72. The Labute approximate surface area is 86.0 Å². The van der Waals surface area contributed by atoms with Crippen molar-refractivity contribution in [2.45, 2.75) is 13.8 Å². The third-order valence-electron chi connectivity index (χ3n) is 1.98. The van der Waals surface area contributed by atoms with E-state index < -0.39 is 0 Å². The molecule has 0 radical (unpaired) electrons. The molecule has 2 aromatic heterocycles. The van der Waals surface area contributed by atoms with Crippen LogP contribution in [0.15, 0.2) is 12.4 Å². The molecule has 76 valence electrons. The predicted octanol–water partition coefficient (Wildman–Crippen LogP) is 0.487. The van der Waals surface area contributed by atoms with Gasteiger partial charge in [0.05, 0.1) is 5.56 Å². The Hall–Kier alpha value is -2.11. The molecule has 0 N–H and O–H groups in total. The van der Waals surface area contributed by atoms with Crippen molar-refractivity contribution in [3.05, 3.63) is 29.6 Å². The van der Waals surface area contributed by atoms with E-state index in [1.54, 1.807) is 4.57 Å². The van der Waals surface area contributed by atoms with E-state index in [0.29, 0.717) is 29.4 Å². The zero-order valence-corrected chi connectivity index (χ0v) is 8.38. The number of carbonyl (C=O) groups excluding carboxylic acids is 1. The molecular weight excluding hydrogens is 194 g/mol. The molecule has 2 aromatic rings. The second kappa shape index (κ2) is 3.56. The van der Waals surface area contributed by atoms with E-state index in [2.05, 4.69) is 20.2 Å². The molecule has 0 atom stereocenters. The summed E-state index contributed by atoms with van der Waals surface area (Å²) in [7, 11) is 0. The van der Waals surface area contributed by atoms with E-state index in [9.17, 15) is 4.79 Å². The van der Waals surface area contributed by atoms with Crippen molar-refractivity contribution < 1.29 is 4.79 Å². The average molecular weight is 203 g/mol. The summed E-state index contributed by atoms with van der Waals surface area (Å²) in [5, 5.41) is 7.80. The highest BCUT2D eigenvalue weighted by Crippen LogP contribution is 2.06. The van der Waals surface area contributed by atoms with Crippen molar-refractivity contribution in [2.75, 3.05) is 0 Å². The van der Waals surface area contributed by atoms with Crippen LogP contribution >= 0.6 is 0 Å². The van der Waals surface area contributed by atoms with Crippen molar-refractivity contribution in [3.8, 4) is 5.95 Å². The second-order valence-electron chi connectivity index (χ2n) is 3.06. The summed E-state index contributed by atoms with van der Waals surface area (Å²) in [6.07, 6.45) is 3.64. The van der Waals surface area contributed by atoms with E-state index in [-0.39, 0.29) is 0 Å². The van der Waals surface area contributed by atoms with Crippen LogP contribution in [0.3, 0.4) is 0 Å². The van der Waals surface area contributed by atoms with Crippen LogP contribution in [-0.2, 0) is 0 Å². The minimum atomic E-state index is 0.446. The van der Waals surface area contributed by atoms with Gasteiger partial charge in [-0.2, -0.15) is 0 Å². The third kappa shape index (κ3) is 1.61. The largest absolute Gasteiger partial charge is 0.298 e. The van der Waals surface area contributed by atoms with Crippen LogP contribution in [0, 0.1) is 13.8 Å². The standard InChI is InChI=1S/C9H9N5O/c1-6-12-13-7(2)14(6)9-10-3-8(5-15)4-11-9/h3-5H,1-2H3. The van der Waals surface area contributed by atoms with Gasteiger partial charge >= 0.3 is 0 Å². The smallest absolute Gasteiger partial charge is 0.236 e. The number of carbonyl (C=O) groups is 1. The maximum Gasteiger partial charge on any atom is 0.236 e.